The van der Waals surface area contributed by atoms with Crippen molar-refractivity contribution in [2.75, 3.05) is 39.4 Å². The number of nitrogens with zero attached hydrogens (tertiary/aromatic N) is 2. The fourth-order valence-electron chi connectivity index (χ4n) is 4.97. The van der Waals surface area contributed by atoms with Gasteiger partial charge in [0.25, 0.3) is 11.7 Å². The molecule has 1 fully saturated rings. The minimum atomic E-state index is -0.784. The summed E-state index contributed by atoms with van der Waals surface area (Å²) in [5.74, 6) is 0.668. The molecule has 1 amide bonds. The quantitative estimate of drug-likeness (QED) is 0.237. The van der Waals surface area contributed by atoms with E-state index < -0.39 is 17.7 Å². The number of aliphatic hydroxyl groups excluding tert-OH is 1. The molecule has 202 valence electrons. The van der Waals surface area contributed by atoms with Gasteiger partial charge in [-0.25, -0.2) is 0 Å². The molecule has 0 aromatic heterocycles. The Morgan fingerprint density at radius 2 is 1.64 bits per heavy atom. The van der Waals surface area contributed by atoms with Crippen LogP contribution in [0.5, 0.6) is 23.0 Å². The van der Waals surface area contributed by atoms with Crippen LogP contribution in [0, 0.1) is 0 Å². The number of fused-ring (bicyclic) bond motifs is 1. The maximum atomic E-state index is 13.5. The van der Waals surface area contributed by atoms with E-state index in [2.05, 4.69) is 18.7 Å². The molecular formula is C31H32N2O6. The lowest BCUT2D eigenvalue weighted by Gasteiger charge is -2.28. The number of amides is 1. The number of ether oxygens (including phenoxy) is 3. The van der Waals surface area contributed by atoms with Gasteiger partial charge in [-0.1, -0.05) is 44.2 Å². The Morgan fingerprint density at radius 3 is 2.38 bits per heavy atom. The Hall–Kier alpha value is -4.30. The molecule has 39 heavy (non-hydrogen) atoms. The average molecular weight is 529 g/mol. The van der Waals surface area contributed by atoms with Gasteiger partial charge in [-0.3, -0.25) is 9.59 Å². The van der Waals surface area contributed by atoms with E-state index in [0.717, 1.165) is 13.1 Å². The number of para-hydroxylation sites is 1. The van der Waals surface area contributed by atoms with Gasteiger partial charge in [-0.2, -0.15) is 0 Å². The van der Waals surface area contributed by atoms with Gasteiger partial charge in [0.05, 0.1) is 11.6 Å². The smallest absolute Gasteiger partial charge is 0.295 e. The summed E-state index contributed by atoms with van der Waals surface area (Å²) >= 11 is 0. The number of carbonyl (C=O) groups is 2. The van der Waals surface area contributed by atoms with E-state index in [9.17, 15) is 14.7 Å². The summed E-state index contributed by atoms with van der Waals surface area (Å²) in [6.45, 7) is 7.52. The lowest BCUT2D eigenvalue weighted by atomic mass is 9.95. The van der Waals surface area contributed by atoms with Crippen molar-refractivity contribution in [2.45, 2.75) is 19.9 Å². The van der Waals surface area contributed by atoms with Crippen LogP contribution in [0.3, 0.4) is 0 Å². The average Bonchev–Trinajstić information content (AvgIpc) is 3.23. The van der Waals surface area contributed by atoms with E-state index in [1.165, 1.54) is 0 Å². The number of ketones is 1. The number of carbonyl (C=O) groups excluding carboxylic acids is 2. The second-order valence-corrected chi connectivity index (χ2v) is 9.37. The molecule has 1 saturated heterocycles. The first-order chi connectivity index (χ1) is 19.0. The molecule has 5 rings (SSSR count). The Labute approximate surface area is 228 Å². The van der Waals surface area contributed by atoms with Crippen LogP contribution in [0.15, 0.2) is 78.4 Å². The van der Waals surface area contributed by atoms with E-state index >= 15 is 0 Å². The van der Waals surface area contributed by atoms with Gasteiger partial charge in [-0.15, -0.1) is 0 Å². The number of likely N-dealkylation sites (N-methyl/N-ethyl adjacent to an activating group) is 1. The fourth-order valence-corrected chi connectivity index (χ4v) is 4.97. The molecule has 0 spiro atoms. The van der Waals surface area contributed by atoms with Crippen LogP contribution in [0.2, 0.25) is 0 Å². The maximum Gasteiger partial charge on any atom is 0.295 e. The van der Waals surface area contributed by atoms with E-state index in [1.807, 2.05) is 54.6 Å². The number of aliphatic hydroxyl groups is 1. The minimum absolute atomic E-state index is 0.0353. The lowest BCUT2D eigenvalue weighted by molar-refractivity contribution is -0.140. The van der Waals surface area contributed by atoms with Crippen LogP contribution in [0.1, 0.15) is 31.0 Å². The Bertz CT molecular complexity index is 1380. The molecule has 8 heteroatoms. The second kappa shape index (κ2) is 11.6. The zero-order valence-electron chi connectivity index (χ0n) is 22.1. The van der Waals surface area contributed by atoms with Crippen LogP contribution in [-0.4, -0.2) is 66.0 Å². The van der Waals surface area contributed by atoms with Crippen molar-refractivity contribution in [3.8, 4) is 23.0 Å². The summed E-state index contributed by atoms with van der Waals surface area (Å²) in [7, 11) is 0. The molecule has 3 aromatic rings. The molecule has 0 saturated carbocycles. The summed E-state index contributed by atoms with van der Waals surface area (Å²) < 4.78 is 17.3. The van der Waals surface area contributed by atoms with E-state index in [4.69, 9.17) is 14.2 Å². The normalized spacial score (nSPS) is 18.0. The number of benzene rings is 3. The predicted molar refractivity (Wildman–Crippen MR) is 147 cm³/mol. The third-order valence-corrected chi connectivity index (χ3v) is 7.06. The van der Waals surface area contributed by atoms with Crippen molar-refractivity contribution in [2.24, 2.45) is 0 Å². The molecule has 2 heterocycles. The molecule has 8 nitrogen and oxygen atoms in total. The van der Waals surface area contributed by atoms with Crippen molar-refractivity contribution in [1.82, 2.24) is 9.80 Å². The van der Waals surface area contributed by atoms with Crippen molar-refractivity contribution in [3.63, 3.8) is 0 Å². The molecule has 0 bridgehead atoms. The summed E-state index contributed by atoms with van der Waals surface area (Å²) in [6.07, 6.45) is 0. The third kappa shape index (κ3) is 5.47. The van der Waals surface area contributed by atoms with Gasteiger partial charge in [-0.05, 0) is 61.1 Å². The summed E-state index contributed by atoms with van der Waals surface area (Å²) in [5, 5.41) is 11.5. The maximum absolute atomic E-state index is 13.5. The van der Waals surface area contributed by atoms with Crippen LogP contribution >= 0.6 is 0 Å². The molecule has 3 aromatic carbocycles. The van der Waals surface area contributed by atoms with Gasteiger partial charge in [0.15, 0.2) is 11.5 Å². The fraction of sp³-hybridized carbons (Fsp3) is 0.290. The Kier molecular flexibility index (Phi) is 7.84. The van der Waals surface area contributed by atoms with Crippen LogP contribution in [0.25, 0.3) is 5.76 Å². The molecule has 1 atom stereocenters. The highest BCUT2D eigenvalue weighted by atomic mass is 16.6. The zero-order chi connectivity index (χ0) is 27.4. The largest absolute Gasteiger partial charge is 0.507 e. The van der Waals surface area contributed by atoms with Crippen molar-refractivity contribution in [3.05, 3.63) is 89.5 Å². The van der Waals surface area contributed by atoms with E-state index in [1.54, 1.807) is 23.1 Å². The minimum Gasteiger partial charge on any atom is -0.507 e. The van der Waals surface area contributed by atoms with Crippen LogP contribution in [-0.2, 0) is 9.59 Å². The second-order valence-electron chi connectivity index (χ2n) is 9.37. The van der Waals surface area contributed by atoms with Crippen LogP contribution < -0.4 is 14.2 Å². The molecule has 2 aliphatic heterocycles. The molecule has 0 aliphatic carbocycles. The highest BCUT2D eigenvalue weighted by Crippen LogP contribution is 2.42. The number of hydrogen-bond acceptors (Lipinski definition) is 7. The Balaban J connectivity index is 1.57. The summed E-state index contributed by atoms with van der Waals surface area (Å²) in [4.78, 5) is 30.6. The first-order valence-corrected chi connectivity index (χ1v) is 13.2. The molecule has 2 aliphatic rings. The Morgan fingerprint density at radius 1 is 0.923 bits per heavy atom. The van der Waals surface area contributed by atoms with Gasteiger partial charge in [0.2, 0.25) is 0 Å². The SMILES string of the molecule is CCN(CC)CCN1C(=O)C(=O)/C(=C(\O)c2ccc3c(c2)OCCO3)C1c1cccc(Oc2ccccc2)c1. The summed E-state index contributed by atoms with van der Waals surface area (Å²) in [6, 6.07) is 20.9. The van der Waals surface area contributed by atoms with Gasteiger partial charge >= 0.3 is 0 Å². The lowest BCUT2D eigenvalue weighted by Crippen LogP contribution is -2.38. The first kappa shape index (κ1) is 26.3. The number of rotatable bonds is 9. The topological polar surface area (TPSA) is 88.5 Å². The van der Waals surface area contributed by atoms with E-state index in [-0.39, 0.29) is 11.3 Å². The van der Waals surface area contributed by atoms with Gasteiger partial charge in [0.1, 0.15) is 30.5 Å². The number of likely N-dealkylation sites (tertiary alicyclic amines) is 1. The molecular weight excluding hydrogens is 496 g/mol. The zero-order valence-corrected chi connectivity index (χ0v) is 22.1. The summed E-state index contributed by atoms with van der Waals surface area (Å²) in [5.41, 5.74) is 1.08. The van der Waals surface area contributed by atoms with Gasteiger partial charge < -0.3 is 29.1 Å². The third-order valence-electron chi connectivity index (χ3n) is 7.06. The molecule has 1 unspecified atom stereocenters. The van der Waals surface area contributed by atoms with E-state index in [0.29, 0.717) is 60.4 Å². The first-order valence-electron chi connectivity index (χ1n) is 13.2. The standard InChI is InChI=1S/C31H32N2O6/c1-3-32(4-2)15-16-33-28(21-9-8-12-24(19-21)39-23-10-6-5-7-11-23)27(30(35)31(33)36)29(34)22-13-14-25-26(20-22)38-18-17-37-25/h5-14,19-20,28,34H,3-4,15-18H2,1-2H3/b29-27-. The van der Waals surface area contributed by atoms with Crippen molar-refractivity contribution in [1.29, 1.82) is 0 Å². The number of Topliss-reactive ketones (excluding diaryl/α,β-unsaturated/α-hetero) is 1. The molecule has 0 radical (unpaired) electrons. The van der Waals surface area contributed by atoms with Crippen molar-refractivity contribution >= 4 is 17.4 Å². The predicted octanol–water partition coefficient (Wildman–Crippen LogP) is 5.01. The van der Waals surface area contributed by atoms with Gasteiger partial charge in [0, 0.05) is 18.7 Å². The number of hydrogen-bond donors (Lipinski definition) is 1. The molecule has 1 N–H and O–H groups in total. The highest BCUT2D eigenvalue weighted by Gasteiger charge is 2.46. The monoisotopic (exact) mass is 528 g/mol. The highest BCUT2D eigenvalue weighted by molar-refractivity contribution is 6.46. The van der Waals surface area contributed by atoms with Crippen molar-refractivity contribution < 1.29 is 28.9 Å². The van der Waals surface area contributed by atoms with Crippen LogP contribution in [0.4, 0.5) is 0 Å².